The van der Waals surface area contributed by atoms with Crippen LogP contribution >= 0.6 is 0 Å². The fourth-order valence-corrected chi connectivity index (χ4v) is 2.33. The first-order chi connectivity index (χ1) is 10.9. The van der Waals surface area contributed by atoms with Crippen LogP contribution in [-0.4, -0.2) is 6.29 Å². The van der Waals surface area contributed by atoms with Crippen molar-refractivity contribution in [2.45, 2.75) is 6.61 Å². The first-order valence-electron chi connectivity index (χ1n) is 7.18. The lowest BCUT2D eigenvalue weighted by molar-refractivity contribution is 0.112. The van der Waals surface area contributed by atoms with Gasteiger partial charge in [0.1, 0.15) is 18.6 Å². The average Bonchev–Trinajstić information content (AvgIpc) is 2.61. The highest BCUT2D eigenvalue weighted by molar-refractivity contribution is 5.81. The van der Waals surface area contributed by atoms with E-state index in [-0.39, 0.29) is 0 Å². The Morgan fingerprint density at radius 3 is 2.18 bits per heavy atom. The SMILES string of the molecule is O=Cc1ccc(OCc2ccccc2)c(-c2ccccc2)c1. The Kier molecular flexibility index (Phi) is 4.30. The highest BCUT2D eigenvalue weighted by Crippen LogP contribution is 2.31. The number of benzene rings is 3. The molecule has 22 heavy (non-hydrogen) atoms. The Bertz CT molecular complexity index is 749. The van der Waals surface area contributed by atoms with Gasteiger partial charge in [0.2, 0.25) is 0 Å². The van der Waals surface area contributed by atoms with Gasteiger partial charge in [-0.15, -0.1) is 0 Å². The lowest BCUT2D eigenvalue weighted by Gasteiger charge is -2.12. The Morgan fingerprint density at radius 1 is 0.818 bits per heavy atom. The van der Waals surface area contributed by atoms with Crippen LogP contribution < -0.4 is 4.74 Å². The van der Waals surface area contributed by atoms with Gasteiger partial charge in [0, 0.05) is 11.1 Å². The highest BCUT2D eigenvalue weighted by atomic mass is 16.5. The minimum atomic E-state index is 0.501. The molecule has 0 aliphatic carbocycles. The summed E-state index contributed by atoms with van der Waals surface area (Å²) in [6.07, 6.45) is 0.855. The molecule has 0 atom stereocenters. The van der Waals surface area contributed by atoms with E-state index in [0.29, 0.717) is 12.2 Å². The minimum Gasteiger partial charge on any atom is -0.488 e. The van der Waals surface area contributed by atoms with Gasteiger partial charge in [0.05, 0.1) is 0 Å². The van der Waals surface area contributed by atoms with Gasteiger partial charge in [-0.2, -0.15) is 0 Å². The summed E-state index contributed by atoms with van der Waals surface area (Å²) in [6.45, 7) is 0.501. The second-order valence-corrected chi connectivity index (χ2v) is 5.01. The zero-order chi connectivity index (χ0) is 15.2. The molecule has 0 unspecified atom stereocenters. The summed E-state index contributed by atoms with van der Waals surface area (Å²) >= 11 is 0. The molecular weight excluding hydrogens is 272 g/mol. The summed E-state index contributed by atoms with van der Waals surface area (Å²) in [4.78, 5) is 11.0. The zero-order valence-electron chi connectivity index (χ0n) is 12.1. The van der Waals surface area contributed by atoms with Gasteiger partial charge >= 0.3 is 0 Å². The molecule has 0 heterocycles. The van der Waals surface area contributed by atoms with E-state index in [1.165, 1.54) is 0 Å². The van der Waals surface area contributed by atoms with E-state index in [1.54, 1.807) is 6.07 Å². The second-order valence-electron chi connectivity index (χ2n) is 5.01. The molecule has 0 aromatic heterocycles. The van der Waals surface area contributed by atoms with Gasteiger partial charge in [0.25, 0.3) is 0 Å². The summed E-state index contributed by atoms with van der Waals surface area (Å²) in [6, 6.07) is 25.5. The van der Waals surface area contributed by atoms with E-state index < -0.39 is 0 Å². The normalized spacial score (nSPS) is 10.2. The largest absolute Gasteiger partial charge is 0.488 e. The smallest absolute Gasteiger partial charge is 0.150 e. The van der Waals surface area contributed by atoms with E-state index >= 15 is 0 Å². The molecule has 0 bridgehead atoms. The van der Waals surface area contributed by atoms with Crippen LogP contribution in [0.5, 0.6) is 5.75 Å². The Morgan fingerprint density at radius 2 is 1.50 bits per heavy atom. The van der Waals surface area contributed by atoms with Crippen molar-refractivity contribution < 1.29 is 9.53 Å². The van der Waals surface area contributed by atoms with Gasteiger partial charge in [0.15, 0.2) is 0 Å². The zero-order valence-corrected chi connectivity index (χ0v) is 12.1. The van der Waals surface area contributed by atoms with E-state index in [4.69, 9.17) is 4.74 Å². The fraction of sp³-hybridized carbons (Fsp3) is 0.0500. The van der Waals surface area contributed by atoms with Crippen LogP contribution in [0.2, 0.25) is 0 Å². The van der Waals surface area contributed by atoms with Crippen molar-refractivity contribution in [1.82, 2.24) is 0 Å². The number of aldehydes is 1. The number of carbonyl (C=O) groups excluding carboxylic acids is 1. The van der Waals surface area contributed by atoms with Crippen LogP contribution in [0.3, 0.4) is 0 Å². The van der Waals surface area contributed by atoms with Gasteiger partial charge < -0.3 is 4.74 Å². The predicted octanol–water partition coefficient (Wildman–Crippen LogP) is 4.75. The van der Waals surface area contributed by atoms with Crippen LogP contribution in [0.25, 0.3) is 11.1 Å². The van der Waals surface area contributed by atoms with E-state index in [0.717, 1.165) is 28.7 Å². The molecule has 3 rings (SSSR count). The third-order valence-corrected chi connectivity index (χ3v) is 3.46. The standard InChI is InChI=1S/C20H16O2/c21-14-17-11-12-20(22-15-16-7-3-1-4-8-16)19(13-17)18-9-5-2-6-10-18/h1-14H,15H2. The van der Waals surface area contributed by atoms with Crippen LogP contribution in [0.4, 0.5) is 0 Å². The summed E-state index contributed by atoms with van der Waals surface area (Å²) in [5.41, 5.74) is 3.72. The van der Waals surface area contributed by atoms with E-state index in [2.05, 4.69) is 0 Å². The molecule has 3 aromatic rings. The van der Waals surface area contributed by atoms with Gasteiger partial charge in [-0.05, 0) is 29.3 Å². The molecule has 0 spiro atoms. The Balaban J connectivity index is 1.91. The molecular formula is C20H16O2. The third kappa shape index (κ3) is 3.23. The highest BCUT2D eigenvalue weighted by Gasteiger charge is 2.08. The first kappa shape index (κ1) is 14.1. The van der Waals surface area contributed by atoms with Gasteiger partial charge in [-0.25, -0.2) is 0 Å². The predicted molar refractivity (Wildman–Crippen MR) is 88.0 cm³/mol. The number of hydrogen-bond donors (Lipinski definition) is 0. The molecule has 0 N–H and O–H groups in total. The van der Waals surface area contributed by atoms with Crippen molar-refractivity contribution in [2.24, 2.45) is 0 Å². The molecule has 3 aromatic carbocycles. The summed E-state index contributed by atoms with van der Waals surface area (Å²) < 4.78 is 5.96. The molecule has 0 aliphatic heterocycles. The van der Waals surface area contributed by atoms with Gasteiger partial charge in [-0.3, -0.25) is 4.79 Å². The summed E-state index contributed by atoms with van der Waals surface area (Å²) in [5.74, 6) is 0.778. The van der Waals surface area contributed by atoms with Crippen molar-refractivity contribution in [2.75, 3.05) is 0 Å². The molecule has 0 radical (unpaired) electrons. The van der Waals surface area contributed by atoms with E-state index in [1.807, 2.05) is 72.8 Å². The third-order valence-electron chi connectivity index (χ3n) is 3.46. The molecule has 108 valence electrons. The van der Waals surface area contributed by atoms with Crippen molar-refractivity contribution in [3.63, 3.8) is 0 Å². The molecule has 0 aliphatic rings. The number of carbonyl (C=O) groups is 1. The first-order valence-corrected chi connectivity index (χ1v) is 7.18. The van der Waals surface area contributed by atoms with Crippen molar-refractivity contribution in [3.05, 3.63) is 90.0 Å². The minimum absolute atomic E-state index is 0.501. The van der Waals surface area contributed by atoms with Crippen molar-refractivity contribution >= 4 is 6.29 Å². The molecule has 0 amide bonds. The number of rotatable bonds is 5. The van der Waals surface area contributed by atoms with Crippen LogP contribution in [0.15, 0.2) is 78.9 Å². The molecule has 0 fully saturated rings. The molecule has 0 saturated heterocycles. The summed E-state index contributed by atoms with van der Waals surface area (Å²) in [7, 11) is 0. The molecule has 0 saturated carbocycles. The fourth-order valence-electron chi connectivity index (χ4n) is 2.33. The quantitative estimate of drug-likeness (QED) is 0.634. The van der Waals surface area contributed by atoms with Crippen molar-refractivity contribution in [1.29, 1.82) is 0 Å². The lowest BCUT2D eigenvalue weighted by Crippen LogP contribution is -1.97. The number of ether oxygens (including phenoxy) is 1. The average molecular weight is 288 g/mol. The Hall–Kier alpha value is -2.87. The van der Waals surface area contributed by atoms with Crippen molar-refractivity contribution in [3.8, 4) is 16.9 Å². The van der Waals surface area contributed by atoms with Gasteiger partial charge in [-0.1, -0.05) is 60.7 Å². The maximum absolute atomic E-state index is 11.0. The lowest BCUT2D eigenvalue weighted by atomic mass is 10.0. The van der Waals surface area contributed by atoms with Crippen LogP contribution in [0.1, 0.15) is 15.9 Å². The maximum Gasteiger partial charge on any atom is 0.150 e. The molecule has 2 heteroatoms. The van der Waals surface area contributed by atoms with Crippen LogP contribution in [-0.2, 0) is 6.61 Å². The van der Waals surface area contributed by atoms with Crippen LogP contribution in [0, 0.1) is 0 Å². The maximum atomic E-state index is 11.0. The second kappa shape index (κ2) is 6.72. The van der Waals surface area contributed by atoms with E-state index in [9.17, 15) is 4.79 Å². The topological polar surface area (TPSA) is 26.3 Å². The monoisotopic (exact) mass is 288 g/mol. The molecule has 2 nitrogen and oxygen atoms in total. The summed E-state index contributed by atoms with van der Waals surface area (Å²) in [5, 5.41) is 0. The number of hydrogen-bond acceptors (Lipinski definition) is 2. The Labute approximate surface area is 130 Å².